The van der Waals surface area contributed by atoms with Crippen LogP contribution in [0.15, 0.2) is 53.5 Å². The third-order valence-corrected chi connectivity index (χ3v) is 4.21. The maximum absolute atomic E-state index is 12.8. The number of nitrogens with one attached hydrogen (secondary N) is 1. The number of ether oxygens (including phenoxy) is 1. The second kappa shape index (κ2) is 9.41. The van der Waals surface area contributed by atoms with Crippen molar-refractivity contribution in [3.05, 3.63) is 65.2 Å². The highest BCUT2D eigenvalue weighted by Gasteiger charge is 2.30. The average molecular weight is 379 g/mol. The lowest BCUT2D eigenvalue weighted by Gasteiger charge is -2.14. The summed E-state index contributed by atoms with van der Waals surface area (Å²) in [5, 5.41) is 3.04. The van der Waals surface area contributed by atoms with Gasteiger partial charge in [-0.15, -0.1) is 0 Å². The molecule has 0 amide bonds. The van der Waals surface area contributed by atoms with Crippen molar-refractivity contribution in [3.63, 3.8) is 0 Å². The van der Waals surface area contributed by atoms with Gasteiger partial charge < -0.3 is 15.8 Å². The number of anilines is 1. The van der Waals surface area contributed by atoms with Crippen molar-refractivity contribution >= 4 is 11.6 Å². The fourth-order valence-electron chi connectivity index (χ4n) is 2.67. The van der Waals surface area contributed by atoms with E-state index in [0.29, 0.717) is 25.1 Å². The summed E-state index contributed by atoms with van der Waals surface area (Å²) in [7, 11) is 1.61. The Hall–Kier alpha value is -2.54. The van der Waals surface area contributed by atoms with Crippen molar-refractivity contribution in [1.82, 2.24) is 0 Å². The smallest absolute Gasteiger partial charge is 0.380 e. The average Bonchev–Trinajstić information content (AvgIpc) is 2.63. The first-order chi connectivity index (χ1) is 12.8. The van der Waals surface area contributed by atoms with E-state index in [1.165, 1.54) is 12.1 Å². The van der Waals surface area contributed by atoms with Gasteiger partial charge in [-0.25, -0.2) is 0 Å². The summed E-state index contributed by atoms with van der Waals surface area (Å²) in [5.41, 5.74) is 7.69. The van der Waals surface area contributed by atoms with Gasteiger partial charge in [-0.1, -0.05) is 43.3 Å². The van der Waals surface area contributed by atoms with E-state index in [-0.39, 0.29) is 11.9 Å². The third-order valence-electron chi connectivity index (χ3n) is 4.21. The van der Waals surface area contributed by atoms with Gasteiger partial charge >= 0.3 is 6.18 Å². The number of methoxy groups -OCH3 is 1. The molecule has 2 aromatic carbocycles. The molecule has 0 fully saturated rings. The van der Waals surface area contributed by atoms with E-state index in [2.05, 4.69) is 10.3 Å². The van der Waals surface area contributed by atoms with Crippen molar-refractivity contribution in [1.29, 1.82) is 0 Å². The maximum atomic E-state index is 12.8. The number of aliphatic imine (C=N–C) groups is 1. The summed E-state index contributed by atoms with van der Waals surface area (Å²) in [6, 6.07) is 13.0. The molecule has 7 heteroatoms. The predicted octanol–water partition coefficient (Wildman–Crippen LogP) is 4.77. The van der Waals surface area contributed by atoms with Gasteiger partial charge in [0, 0.05) is 24.9 Å². The fourth-order valence-corrected chi connectivity index (χ4v) is 2.67. The lowest BCUT2D eigenvalue weighted by molar-refractivity contribution is -0.137. The van der Waals surface area contributed by atoms with E-state index >= 15 is 0 Å². The van der Waals surface area contributed by atoms with Gasteiger partial charge in [0.2, 0.25) is 0 Å². The van der Waals surface area contributed by atoms with Crippen LogP contribution in [0.4, 0.5) is 18.9 Å². The summed E-state index contributed by atoms with van der Waals surface area (Å²) in [4.78, 5) is 4.28. The molecule has 1 atom stereocenters. The zero-order chi connectivity index (χ0) is 19.9. The summed E-state index contributed by atoms with van der Waals surface area (Å²) in [5.74, 6) is 0.194. The molecule has 0 spiro atoms. The Labute approximate surface area is 157 Å². The molecule has 0 aromatic heterocycles. The Morgan fingerprint density at radius 2 is 1.93 bits per heavy atom. The zero-order valence-electron chi connectivity index (χ0n) is 15.4. The first-order valence-electron chi connectivity index (χ1n) is 8.62. The van der Waals surface area contributed by atoms with Crippen LogP contribution in [0.3, 0.4) is 0 Å². The number of benzene rings is 2. The van der Waals surface area contributed by atoms with E-state index in [9.17, 15) is 13.2 Å². The maximum Gasteiger partial charge on any atom is 0.416 e. The molecule has 0 aliphatic rings. The van der Waals surface area contributed by atoms with Gasteiger partial charge in [0.25, 0.3) is 0 Å². The van der Waals surface area contributed by atoms with Crippen molar-refractivity contribution in [3.8, 4) is 0 Å². The van der Waals surface area contributed by atoms with Crippen LogP contribution >= 0.6 is 0 Å². The summed E-state index contributed by atoms with van der Waals surface area (Å²) < 4.78 is 43.6. The molecule has 0 radical (unpaired) electrons. The highest BCUT2D eigenvalue weighted by Crippen LogP contribution is 2.31. The molecule has 0 saturated heterocycles. The largest absolute Gasteiger partial charge is 0.416 e. The minimum absolute atomic E-state index is 0.0652. The summed E-state index contributed by atoms with van der Waals surface area (Å²) >= 11 is 0. The Bertz CT molecular complexity index is 775. The Balaban J connectivity index is 1.95. The standard InChI is InChI=1S/C20H24F3N3O/c1-14(15-7-5-8-17(12-15)20(21,22)23)10-11-25-19(24)26-18-9-4-3-6-16(18)13-27-2/h3-9,12,14H,10-11,13H2,1-2H3,(H3,24,25,26). The predicted molar refractivity (Wildman–Crippen MR) is 102 cm³/mol. The highest BCUT2D eigenvalue weighted by molar-refractivity contribution is 5.92. The molecular formula is C20H24F3N3O. The summed E-state index contributed by atoms with van der Waals surface area (Å²) in [6.07, 6.45) is -3.75. The first-order valence-corrected chi connectivity index (χ1v) is 8.62. The summed E-state index contributed by atoms with van der Waals surface area (Å²) in [6.45, 7) is 2.73. The number of guanidine groups is 1. The lowest BCUT2D eigenvalue weighted by atomic mass is 9.96. The van der Waals surface area contributed by atoms with Gasteiger partial charge in [0.1, 0.15) is 0 Å². The SMILES string of the molecule is COCc1ccccc1NC(N)=NCCC(C)c1cccc(C(F)(F)F)c1. The van der Waals surface area contributed by atoms with Crippen molar-refractivity contribution < 1.29 is 17.9 Å². The normalized spacial score (nSPS) is 13.4. The number of rotatable bonds is 7. The molecule has 1 unspecified atom stereocenters. The molecule has 146 valence electrons. The van der Waals surface area contributed by atoms with Gasteiger partial charge in [-0.3, -0.25) is 4.99 Å². The molecule has 0 aliphatic heterocycles. The highest BCUT2D eigenvalue weighted by atomic mass is 19.4. The van der Waals surface area contributed by atoms with Crippen molar-refractivity contribution in [2.45, 2.75) is 32.0 Å². The minimum Gasteiger partial charge on any atom is -0.380 e. The van der Waals surface area contributed by atoms with Gasteiger partial charge in [-0.05, 0) is 30.0 Å². The van der Waals surface area contributed by atoms with Crippen LogP contribution in [0.2, 0.25) is 0 Å². The Morgan fingerprint density at radius 1 is 1.19 bits per heavy atom. The molecule has 0 heterocycles. The second-order valence-corrected chi connectivity index (χ2v) is 6.30. The van der Waals surface area contributed by atoms with Crippen LogP contribution in [0, 0.1) is 0 Å². The van der Waals surface area contributed by atoms with Crippen LogP contribution in [0.1, 0.15) is 36.0 Å². The lowest BCUT2D eigenvalue weighted by Crippen LogP contribution is -2.23. The van der Waals surface area contributed by atoms with Gasteiger partial charge in [0.05, 0.1) is 12.2 Å². The Morgan fingerprint density at radius 3 is 2.63 bits per heavy atom. The van der Waals surface area contributed by atoms with E-state index in [1.807, 2.05) is 31.2 Å². The molecule has 0 saturated carbocycles. The second-order valence-electron chi connectivity index (χ2n) is 6.30. The number of hydrogen-bond acceptors (Lipinski definition) is 2. The first kappa shape index (κ1) is 20.8. The topological polar surface area (TPSA) is 59.6 Å². The van der Waals surface area contributed by atoms with E-state index in [1.54, 1.807) is 13.2 Å². The molecule has 27 heavy (non-hydrogen) atoms. The number of halogens is 3. The Kier molecular flexibility index (Phi) is 7.24. The van der Waals surface area contributed by atoms with Gasteiger partial charge in [0.15, 0.2) is 5.96 Å². The number of hydrogen-bond donors (Lipinski definition) is 2. The molecule has 0 aliphatic carbocycles. The molecule has 2 aromatic rings. The van der Waals surface area contributed by atoms with E-state index in [4.69, 9.17) is 10.5 Å². The number of nitrogens with zero attached hydrogens (tertiary/aromatic N) is 1. The molecule has 0 bridgehead atoms. The van der Waals surface area contributed by atoms with E-state index < -0.39 is 11.7 Å². The zero-order valence-corrected chi connectivity index (χ0v) is 15.4. The molecule has 4 nitrogen and oxygen atoms in total. The third kappa shape index (κ3) is 6.29. The molecule has 2 rings (SSSR count). The van der Waals surface area contributed by atoms with E-state index in [0.717, 1.165) is 17.3 Å². The fraction of sp³-hybridized carbons (Fsp3) is 0.350. The number of para-hydroxylation sites is 1. The van der Waals surface area contributed by atoms with Gasteiger partial charge in [-0.2, -0.15) is 13.2 Å². The van der Waals surface area contributed by atoms with Crippen molar-refractivity contribution in [2.24, 2.45) is 10.7 Å². The van der Waals surface area contributed by atoms with Crippen LogP contribution < -0.4 is 11.1 Å². The van der Waals surface area contributed by atoms with Crippen LogP contribution in [-0.2, 0) is 17.5 Å². The number of alkyl halides is 3. The molecular weight excluding hydrogens is 355 g/mol. The molecule has 3 N–H and O–H groups in total. The minimum atomic E-state index is -4.34. The van der Waals surface area contributed by atoms with Crippen molar-refractivity contribution in [2.75, 3.05) is 19.0 Å². The monoisotopic (exact) mass is 379 g/mol. The van der Waals surface area contributed by atoms with Crippen LogP contribution in [-0.4, -0.2) is 19.6 Å². The van der Waals surface area contributed by atoms with Crippen LogP contribution in [0.5, 0.6) is 0 Å². The van der Waals surface area contributed by atoms with Crippen LogP contribution in [0.25, 0.3) is 0 Å². The number of nitrogens with two attached hydrogens (primary N) is 1. The quantitative estimate of drug-likeness (QED) is 0.538.